The molecule has 0 aliphatic heterocycles. The van der Waals surface area contributed by atoms with E-state index in [0.29, 0.717) is 0 Å². The molecule has 5 heteroatoms. The minimum Gasteiger partial charge on any atom is -0.427 e. The number of fused-ring (bicyclic) bond motifs is 6. The Balaban J connectivity index is 1.42. The molecular weight excluding hydrogens is 467 g/mol. The van der Waals surface area contributed by atoms with Crippen molar-refractivity contribution in [2.75, 3.05) is 0 Å². The lowest BCUT2D eigenvalue weighted by molar-refractivity contribution is -0.0893. The normalized spacial score (nSPS) is 12.8. The predicted octanol–water partition coefficient (Wildman–Crippen LogP) is 7.90. The van der Waals surface area contributed by atoms with Crippen molar-refractivity contribution in [1.82, 2.24) is 0 Å². The van der Waals surface area contributed by atoms with Crippen LogP contribution in [0.5, 0.6) is 0 Å². The zero-order valence-corrected chi connectivity index (χ0v) is 21.9. The van der Waals surface area contributed by atoms with Gasteiger partial charge in [0, 0.05) is 35.0 Å². The second-order valence-corrected chi connectivity index (χ2v) is 12.3. The van der Waals surface area contributed by atoms with Gasteiger partial charge < -0.3 is 9.76 Å². The first-order chi connectivity index (χ1) is 16.7. The molecule has 2 nitrogen and oxygen atoms in total. The van der Waals surface area contributed by atoms with E-state index in [1.807, 2.05) is 25.2 Å². The van der Waals surface area contributed by atoms with E-state index in [1.54, 1.807) is 32.7 Å². The second kappa shape index (κ2) is 8.17. The molecule has 0 bridgehead atoms. The van der Waals surface area contributed by atoms with Crippen LogP contribution in [0.15, 0.2) is 78.9 Å². The van der Waals surface area contributed by atoms with Gasteiger partial charge in [0.05, 0.1) is 11.2 Å². The standard InChI is InChI=1S/C30H26BO2S2/c1-29(2,32)30(3,4)33-31-24-10-7-9-21-23-17-19(13-15-27(23)35-28(21)24)18-12-14-26-22(16-18)20-8-5-6-11-25(20)34-26/h5-17,32H,1-4H3. The molecule has 0 fully saturated rings. The molecule has 0 aliphatic carbocycles. The minimum atomic E-state index is -0.957. The molecular formula is C30H26BO2S2. The van der Waals surface area contributed by atoms with Crippen molar-refractivity contribution in [2.45, 2.75) is 38.9 Å². The van der Waals surface area contributed by atoms with Gasteiger partial charge in [-0.15, -0.1) is 22.7 Å². The van der Waals surface area contributed by atoms with Gasteiger partial charge in [-0.25, -0.2) is 0 Å². The van der Waals surface area contributed by atoms with Gasteiger partial charge in [0.25, 0.3) is 0 Å². The van der Waals surface area contributed by atoms with Crippen LogP contribution in [0.4, 0.5) is 0 Å². The Bertz CT molecular complexity index is 1720. The van der Waals surface area contributed by atoms with Crippen molar-refractivity contribution in [3.8, 4) is 11.1 Å². The molecule has 4 aromatic carbocycles. The first-order valence-electron chi connectivity index (χ1n) is 11.8. The number of aliphatic hydroxyl groups is 1. The molecule has 0 saturated carbocycles. The van der Waals surface area contributed by atoms with Gasteiger partial charge in [-0.3, -0.25) is 0 Å². The Morgan fingerprint density at radius 1 is 0.657 bits per heavy atom. The van der Waals surface area contributed by atoms with Crippen LogP contribution in [0.1, 0.15) is 27.7 Å². The van der Waals surface area contributed by atoms with Gasteiger partial charge in [0.15, 0.2) is 0 Å². The lowest BCUT2D eigenvalue weighted by atomic mass is 9.82. The highest BCUT2D eigenvalue weighted by molar-refractivity contribution is 7.27. The molecule has 2 aromatic heterocycles. The summed E-state index contributed by atoms with van der Waals surface area (Å²) < 4.78 is 11.2. The molecule has 2 heterocycles. The van der Waals surface area contributed by atoms with E-state index >= 15 is 0 Å². The Labute approximate surface area is 214 Å². The lowest BCUT2D eigenvalue weighted by Gasteiger charge is -2.37. The molecule has 0 saturated heterocycles. The average molecular weight is 493 g/mol. The summed E-state index contributed by atoms with van der Waals surface area (Å²) in [6, 6.07) is 28.6. The van der Waals surface area contributed by atoms with Crippen LogP contribution < -0.4 is 5.46 Å². The fourth-order valence-electron chi connectivity index (χ4n) is 4.35. The van der Waals surface area contributed by atoms with Crippen molar-refractivity contribution in [1.29, 1.82) is 0 Å². The molecule has 0 spiro atoms. The summed E-state index contributed by atoms with van der Waals surface area (Å²) in [5.74, 6) is 0. The Kier molecular flexibility index (Phi) is 5.31. The number of hydrogen-bond acceptors (Lipinski definition) is 4. The van der Waals surface area contributed by atoms with Gasteiger partial charge >= 0.3 is 7.48 Å². The zero-order chi connectivity index (χ0) is 24.4. The molecule has 6 aromatic rings. The topological polar surface area (TPSA) is 29.5 Å². The monoisotopic (exact) mass is 493 g/mol. The third kappa shape index (κ3) is 3.87. The van der Waals surface area contributed by atoms with Gasteiger partial charge in [0.2, 0.25) is 0 Å². The van der Waals surface area contributed by atoms with Crippen molar-refractivity contribution in [3.05, 3.63) is 78.9 Å². The largest absolute Gasteiger partial charge is 0.427 e. The van der Waals surface area contributed by atoms with Crippen molar-refractivity contribution < 1.29 is 9.76 Å². The van der Waals surface area contributed by atoms with E-state index in [1.165, 1.54) is 51.5 Å². The summed E-state index contributed by atoms with van der Waals surface area (Å²) in [7, 11) is 1.80. The molecule has 6 rings (SSSR count). The smallest absolute Gasteiger partial charge is 0.332 e. The van der Waals surface area contributed by atoms with Gasteiger partial charge in [0.1, 0.15) is 0 Å². The summed E-state index contributed by atoms with van der Waals surface area (Å²) in [5, 5.41) is 15.6. The number of thiophene rings is 2. The molecule has 1 radical (unpaired) electrons. The average Bonchev–Trinajstić information content (AvgIpc) is 3.39. The highest BCUT2D eigenvalue weighted by Gasteiger charge is 2.35. The van der Waals surface area contributed by atoms with E-state index < -0.39 is 11.2 Å². The van der Waals surface area contributed by atoms with E-state index in [9.17, 15) is 5.11 Å². The van der Waals surface area contributed by atoms with Crippen LogP contribution >= 0.6 is 22.7 Å². The Morgan fingerprint density at radius 3 is 1.97 bits per heavy atom. The van der Waals surface area contributed by atoms with Crippen LogP contribution in [-0.4, -0.2) is 23.8 Å². The number of benzene rings is 4. The first-order valence-corrected chi connectivity index (χ1v) is 13.4. The van der Waals surface area contributed by atoms with E-state index in [-0.39, 0.29) is 0 Å². The Morgan fingerprint density at radius 2 is 1.26 bits per heavy atom. The maximum atomic E-state index is 10.5. The number of hydrogen-bond donors (Lipinski definition) is 1. The fraction of sp³-hybridized carbons (Fsp3) is 0.200. The van der Waals surface area contributed by atoms with Crippen molar-refractivity contribution >= 4 is 76.0 Å². The summed E-state index contributed by atoms with van der Waals surface area (Å²) in [4.78, 5) is 0. The van der Waals surface area contributed by atoms with Crippen LogP contribution in [0.25, 0.3) is 51.5 Å². The molecule has 35 heavy (non-hydrogen) atoms. The van der Waals surface area contributed by atoms with Crippen LogP contribution in [-0.2, 0) is 4.65 Å². The SMILES string of the molecule is CC(C)(O)C(C)(C)O[B]c1cccc2c1sc1ccc(-c3ccc4sc5ccccc5c4c3)cc12. The highest BCUT2D eigenvalue weighted by atomic mass is 32.1. The third-order valence-corrected chi connectivity index (χ3v) is 9.58. The second-order valence-electron chi connectivity index (χ2n) is 10.2. The van der Waals surface area contributed by atoms with Gasteiger partial charge in [-0.1, -0.05) is 48.5 Å². The molecule has 1 N–H and O–H groups in total. The molecule has 0 unspecified atom stereocenters. The maximum absolute atomic E-state index is 10.5. The lowest BCUT2D eigenvalue weighted by Crippen LogP contribution is -2.49. The van der Waals surface area contributed by atoms with Gasteiger partial charge in [-0.2, -0.15) is 0 Å². The highest BCUT2D eigenvalue weighted by Crippen LogP contribution is 2.39. The summed E-state index contributed by atoms with van der Waals surface area (Å²) in [6.07, 6.45) is 0. The minimum absolute atomic E-state index is 0.705. The predicted molar refractivity (Wildman–Crippen MR) is 155 cm³/mol. The number of rotatable bonds is 5. The first kappa shape index (κ1) is 22.7. The summed E-state index contributed by atoms with van der Waals surface area (Å²) >= 11 is 3.64. The maximum Gasteiger partial charge on any atom is 0.332 e. The van der Waals surface area contributed by atoms with E-state index in [2.05, 4.69) is 78.9 Å². The zero-order valence-electron chi connectivity index (χ0n) is 20.3. The van der Waals surface area contributed by atoms with Crippen LogP contribution in [0.3, 0.4) is 0 Å². The summed E-state index contributed by atoms with van der Waals surface area (Å²) in [6.45, 7) is 7.37. The van der Waals surface area contributed by atoms with E-state index in [0.717, 1.165) is 5.46 Å². The third-order valence-electron chi connectivity index (χ3n) is 7.19. The Hall–Kier alpha value is -2.70. The molecule has 173 valence electrons. The molecule has 0 aliphatic rings. The van der Waals surface area contributed by atoms with Crippen molar-refractivity contribution in [2.24, 2.45) is 0 Å². The van der Waals surface area contributed by atoms with E-state index in [4.69, 9.17) is 4.65 Å². The van der Waals surface area contributed by atoms with Gasteiger partial charge in [-0.05, 0) is 80.0 Å². The summed E-state index contributed by atoms with van der Waals surface area (Å²) in [5.41, 5.74) is 1.84. The van der Waals surface area contributed by atoms with Crippen molar-refractivity contribution in [3.63, 3.8) is 0 Å². The van der Waals surface area contributed by atoms with Crippen LogP contribution in [0, 0.1) is 0 Å². The quantitative estimate of drug-likeness (QED) is 0.247. The molecule has 0 atom stereocenters. The fourth-order valence-corrected chi connectivity index (χ4v) is 6.60. The van der Waals surface area contributed by atoms with Crippen LogP contribution in [0.2, 0.25) is 0 Å². The molecule has 0 amide bonds.